The summed E-state index contributed by atoms with van der Waals surface area (Å²) in [6.07, 6.45) is 2.49. The second-order valence-electron chi connectivity index (χ2n) is 4.91. The van der Waals surface area contributed by atoms with Crippen molar-refractivity contribution in [2.45, 2.75) is 38.7 Å². The zero-order valence-electron chi connectivity index (χ0n) is 9.86. The molecule has 0 radical (unpaired) electrons. The van der Waals surface area contributed by atoms with E-state index in [1.54, 1.807) is 0 Å². The van der Waals surface area contributed by atoms with Gasteiger partial charge >= 0.3 is 0 Å². The molecule has 5 heteroatoms. The van der Waals surface area contributed by atoms with Crippen molar-refractivity contribution < 1.29 is 9.63 Å². The van der Waals surface area contributed by atoms with Crippen LogP contribution in [-0.2, 0) is 12.0 Å². The molecule has 0 spiro atoms. The number of aromatic nitrogens is 2. The third-order valence-corrected chi connectivity index (χ3v) is 2.94. The second kappa shape index (κ2) is 4.51. The second-order valence-corrected chi connectivity index (χ2v) is 4.91. The first-order chi connectivity index (χ1) is 7.60. The van der Waals surface area contributed by atoms with Crippen molar-refractivity contribution in [3.8, 4) is 0 Å². The summed E-state index contributed by atoms with van der Waals surface area (Å²) in [4.78, 5) is 4.27. The lowest BCUT2D eigenvalue weighted by atomic mass is 10.0. The minimum atomic E-state index is -0.955. The third-order valence-electron chi connectivity index (χ3n) is 2.94. The highest BCUT2D eigenvalue weighted by molar-refractivity contribution is 5.03. The largest absolute Gasteiger partial charge is 0.379 e. The van der Waals surface area contributed by atoms with Crippen molar-refractivity contribution >= 4 is 0 Å². The molecular weight excluding hydrogens is 206 g/mol. The average molecular weight is 225 g/mol. The van der Waals surface area contributed by atoms with E-state index in [0.717, 1.165) is 19.4 Å². The van der Waals surface area contributed by atoms with Crippen LogP contribution in [0.25, 0.3) is 0 Å². The Hall–Kier alpha value is -0.940. The van der Waals surface area contributed by atoms with Gasteiger partial charge in [0.25, 0.3) is 5.89 Å². The van der Waals surface area contributed by atoms with Crippen LogP contribution in [0.3, 0.4) is 0 Å². The maximum absolute atomic E-state index is 10.2. The van der Waals surface area contributed by atoms with Crippen LogP contribution in [0.2, 0.25) is 0 Å². The molecule has 5 nitrogen and oxygen atoms in total. The molecule has 1 aliphatic rings. The van der Waals surface area contributed by atoms with Gasteiger partial charge in [-0.25, -0.2) is 0 Å². The number of aliphatic hydroxyl groups is 1. The molecule has 16 heavy (non-hydrogen) atoms. The fourth-order valence-corrected chi connectivity index (χ4v) is 1.82. The minimum Gasteiger partial charge on any atom is -0.379 e. The first-order valence-corrected chi connectivity index (χ1v) is 5.86. The van der Waals surface area contributed by atoms with Gasteiger partial charge in [-0.15, -0.1) is 0 Å². The van der Waals surface area contributed by atoms with E-state index in [-0.39, 0.29) is 0 Å². The summed E-state index contributed by atoms with van der Waals surface area (Å²) < 4.78 is 5.13. The van der Waals surface area contributed by atoms with Gasteiger partial charge in [0, 0.05) is 13.0 Å². The number of β-amino-alcohol motifs (C(OH)–C–C–N with tert-alkyl or cyclic N) is 1. The molecule has 1 aliphatic heterocycles. The van der Waals surface area contributed by atoms with Crippen LogP contribution in [0.4, 0.5) is 0 Å². The van der Waals surface area contributed by atoms with Crippen molar-refractivity contribution in [2.75, 3.05) is 13.1 Å². The van der Waals surface area contributed by atoms with Gasteiger partial charge in [-0.1, -0.05) is 19.0 Å². The molecule has 2 rings (SSSR count). The number of hydrogen-bond acceptors (Lipinski definition) is 5. The normalized spacial score (nSPS) is 25.5. The first kappa shape index (κ1) is 11.5. The van der Waals surface area contributed by atoms with E-state index in [4.69, 9.17) is 4.52 Å². The summed E-state index contributed by atoms with van der Waals surface area (Å²) in [7, 11) is 0. The quantitative estimate of drug-likeness (QED) is 0.794. The van der Waals surface area contributed by atoms with E-state index in [2.05, 4.69) is 29.3 Å². The van der Waals surface area contributed by atoms with E-state index in [9.17, 15) is 5.11 Å². The van der Waals surface area contributed by atoms with E-state index >= 15 is 0 Å². The predicted molar refractivity (Wildman–Crippen MR) is 58.8 cm³/mol. The van der Waals surface area contributed by atoms with Crippen LogP contribution in [0, 0.1) is 5.92 Å². The molecule has 0 aromatic carbocycles. The Balaban J connectivity index is 2.01. The summed E-state index contributed by atoms with van der Waals surface area (Å²) in [5, 5.41) is 17.2. The summed E-state index contributed by atoms with van der Waals surface area (Å²) in [6.45, 7) is 5.61. The summed E-state index contributed by atoms with van der Waals surface area (Å²) >= 11 is 0. The smallest absolute Gasteiger partial charge is 0.259 e. The standard InChI is InChI=1S/C11H19N3O2/c1-8(2)3-4-9-13-10(16-14-9)11(15)5-6-12-7-11/h8,12,15H,3-7H2,1-2H3. The highest BCUT2D eigenvalue weighted by Crippen LogP contribution is 2.26. The molecule has 0 saturated carbocycles. The third kappa shape index (κ3) is 2.41. The van der Waals surface area contributed by atoms with Gasteiger partial charge in [0.05, 0.1) is 0 Å². The molecule has 1 atom stereocenters. The van der Waals surface area contributed by atoms with Gasteiger partial charge in [0.15, 0.2) is 11.4 Å². The number of aryl methyl sites for hydroxylation is 1. The minimum absolute atomic E-state index is 0.358. The summed E-state index contributed by atoms with van der Waals surface area (Å²) in [6, 6.07) is 0. The van der Waals surface area contributed by atoms with Crippen LogP contribution < -0.4 is 5.32 Å². The lowest BCUT2D eigenvalue weighted by molar-refractivity contribution is 0.0243. The topological polar surface area (TPSA) is 71.2 Å². The van der Waals surface area contributed by atoms with Crippen LogP contribution in [0.5, 0.6) is 0 Å². The van der Waals surface area contributed by atoms with E-state index in [1.165, 1.54) is 0 Å². The Bertz CT molecular complexity index is 343. The van der Waals surface area contributed by atoms with Crippen molar-refractivity contribution in [1.29, 1.82) is 0 Å². The lowest BCUT2D eigenvalue weighted by Crippen LogP contribution is -2.28. The number of nitrogens with zero attached hydrogens (tertiary/aromatic N) is 2. The predicted octanol–water partition coefficient (Wildman–Crippen LogP) is 0.839. The molecule has 1 saturated heterocycles. The molecule has 0 amide bonds. The van der Waals surface area contributed by atoms with Gasteiger partial charge < -0.3 is 14.9 Å². The Labute approximate surface area is 95.2 Å². The first-order valence-electron chi connectivity index (χ1n) is 5.86. The van der Waals surface area contributed by atoms with Gasteiger partial charge in [-0.3, -0.25) is 0 Å². The Morgan fingerprint density at radius 1 is 1.56 bits per heavy atom. The van der Waals surface area contributed by atoms with Gasteiger partial charge in [0.2, 0.25) is 0 Å². The molecule has 1 fully saturated rings. The van der Waals surface area contributed by atoms with Crippen LogP contribution in [-0.4, -0.2) is 28.3 Å². The van der Waals surface area contributed by atoms with Crippen molar-refractivity contribution in [3.63, 3.8) is 0 Å². The van der Waals surface area contributed by atoms with Gasteiger partial charge in [0.1, 0.15) is 0 Å². The van der Waals surface area contributed by atoms with E-state index < -0.39 is 5.60 Å². The molecule has 1 aromatic rings. The van der Waals surface area contributed by atoms with Crippen molar-refractivity contribution in [3.05, 3.63) is 11.7 Å². The number of rotatable bonds is 4. The fraction of sp³-hybridized carbons (Fsp3) is 0.818. The molecule has 1 unspecified atom stereocenters. The zero-order valence-corrected chi connectivity index (χ0v) is 9.86. The van der Waals surface area contributed by atoms with Crippen LogP contribution in [0.1, 0.15) is 38.4 Å². The highest BCUT2D eigenvalue weighted by atomic mass is 16.5. The maximum Gasteiger partial charge on any atom is 0.259 e. The highest BCUT2D eigenvalue weighted by Gasteiger charge is 2.38. The summed E-state index contributed by atoms with van der Waals surface area (Å²) in [5.74, 6) is 1.68. The van der Waals surface area contributed by atoms with Crippen molar-refractivity contribution in [1.82, 2.24) is 15.5 Å². The van der Waals surface area contributed by atoms with Crippen LogP contribution in [0.15, 0.2) is 4.52 Å². The van der Waals surface area contributed by atoms with Crippen LogP contribution >= 0.6 is 0 Å². The molecule has 90 valence electrons. The fourth-order valence-electron chi connectivity index (χ4n) is 1.82. The van der Waals surface area contributed by atoms with Crippen molar-refractivity contribution in [2.24, 2.45) is 5.92 Å². The average Bonchev–Trinajstić information content (AvgIpc) is 2.84. The molecule has 1 aromatic heterocycles. The number of hydrogen-bond donors (Lipinski definition) is 2. The van der Waals surface area contributed by atoms with E-state index in [0.29, 0.717) is 30.6 Å². The Morgan fingerprint density at radius 3 is 3.00 bits per heavy atom. The molecule has 2 heterocycles. The Kier molecular flexibility index (Phi) is 3.25. The van der Waals surface area contributed by atoms with Gasteiger partial charge in [-0.2, -0.15) is 4.98 Å². The van der Waals surface area contributed by atoms with Gasteiger partial charge in [-0.05, 0) is 25.3 Å². The maximum atomic E-state index is 10.2. The molecule has 2 N–H and O–H groups in total. The zero-order chi connectivity index (χ0) is 11.6. The summed E-state index contributed by atoms with van der Waals surface area (Å²) in [5.41, 5.74) is -0.955. The molecule has 0 aliphatic carbocycles. The van der Waals surface area contributed by atoms with E-state index in [1.807, 2.05) is 0 Å². The SMILES string of the molecule is CC(C)CCc1noc(C2(O)CCNC2)n1. The Morgan fingerprint density at radius 2 is 2.38 bits per heavy atom. The molecule has 0 bridgehead atoms. The lowest BCUT2D eigenvalue weighted by Gasteiger charge is -2.14. The molecular formula is C11H19N3O2. The monoisotopic (exact) mass is 225 g/mol. The number of nitrogens with one attached hydrogen (secondary N) is 1.